The first-order valence-corrected chi connectivity index (χ1v) is 9.54. The van der Waals surface area contributed by atoms with E-state index in [4.69, 9.17) is 9.15 Å². The molecule has 0 aliphatic heterocycles. The molecule has 1 amide bonds. The van der Waals surface area contributed by atoms with Gasteiger partial charge in [-0.15, -0.1) is 10.2 Å². The molecule has 1 aromatic heterocycles. The maximum Gasteiger partial charge on any atom is 0.277 e. The molecule has 0 fully saturated rings. The molecule has 0 radical (unpaired) electrons. The predicted octanol–water partition coefficient (Wildman–Crippen LogP) is 3.67. The van der Waals surface area contributed by atoms with Gasteiger partial charge in [0.05, 0.1) is 5.75 Å². The summed E-state index contributed by atoms with van der Waals surface area (Å²) in [5.41, 5.74) is 3.37. The highest BCUT2D eigenvalue weighted by Crippen LogP contribution is 2.18. The molecular weight excluding hydrogens is 362 g/mol. The molecule has 0 saturated carbocycles. The van der Waals surface area contributed by atoms with Gasteiger partial charge in [0.25, 0.3) is 11.1 Å². The molecule has 7 heteroatoms. The Morgan fingerprint density at radius 3 is 2.70 bits per heavy atom. The predicted molar refractivity (Wildman–Crippen MR) is 104 cm³/mol. The summed E-state index contributed by atoms with van der Waals surface area (Å²) < 4.78 is 11.1. The molecule has 0 saturated heterocycles. The minimum absolute atomic E-state index is 0.0867. The monoisotopic (exact) mass is 383 g/mol. The Hall–Kier alpha value is -2.80. The van der Waals surface area contributed by atoms with Crippen molar-refractivity contribution in [3.63, 3.8) is 0 Å². The van der Waals surface area contributed by atoms with Crippen molar-refractivity contribution < 1.29 is 13.9 Å². The fourth-order valence-electron chi connectivity index (χ4n) is 2.29. The van der Waals surface area contributed by atoms with E-state index in [0.717, 1.165) is 16.9 Å². The Morgan fingerprint density at radius 2 is 1.93 bits per heavy atom. The summed E-state index contributed by atoms with van der Waals surface area (Å²) in [4.78, 5) is 12.0. The SMILES string of the molecule is Cc1ccc(CNC(=O)CSc2nnc(COc3cccc(C)c3)o2)cc1. The molecule has 6 nitrogen and oxygen atoms in total. The normalized spacial score (nSPS) is 10.6. The molecule has 1 heterocycles. The van der Waals surface area contributed by atoms with Crippen LogP contribution in [0.25, 0.3) is 0 Å². The van der Waals surface area contributed by atoms with E-state index < -0.39 is 0 Å². The number of thioether (sulfide) groups is 1. The highest BCUT2D eigenvalue weighted by Gasteiger charge is 2.10. The summed E-state index contributed by atoms with van der Waals surface area (Å²) >= 11 is 1.20. The van der Waals surface area contributed by atoms with Gasteiger partial charge >= 0.3 is 0 Å². The topological polar surface area (TPSA) is 77.2 Å². The molecule has 2 aromatic carbocycles. The lowest BCUT2D eigenvalue weighted by atomic mass is 10.1. The number of rotatable bonds is 8. The van der Waals surface area contributed by atoms with E-state index in [2.05, 4.69) is 15.5 Å². The first-order valence-electron chi connectivity index (χ1n) is 8.55. The molecule has 3 aromatic rings. The summed E-state index contributed by atoms with van der Waals surface area (Å²) in [5, 5.41) is 11.1. The number of nitrogens with zero attached hydrogens (tertiary/aromatic N) is 2. The number of nitrogens with one attached hydrogen (secondary N) is 1. The summed E-state index contributed by atoms with van der Waals surface area (Å²) in [5.74, 6) is 1.25. The first kappa shape index (κ1) is 19.0. The fraction of sp³-hybridized carbons (Fsp3) is 0.250. The Bertz CT molecular complexity index is 893. The Kier molecular flexibility index (Phi) is 6.49. The third-order valence-corrected chi connectivity index (χ3v) is 4.56. The van der Waals surface area contributed by atoms with Crippen LogP contribution in [0.5, 0.6) is 5.75 Å². The third-order valence-electron chi connectivity index (χ3n) is 3.74. The van der Waals surface area contributed by atoms with Gasteiger partial charge in [-0.2, -0.15) is 0 Å². The second-order valence-electron chi connectivity index (χ2n) is 6.12. The lowest BCUT2D eigenvalue weighted by Gasteiger charge is -2.04. The van der Waals surface area contributed by atoms with Crippen molar-refractivity contribution >= 4 is 17.7 Å². The zero-order chi connectivity index (χ0) is 19.1. The Labute approximate surface area is 162 Å². The van der Waals surface area contributed by atoms with Gasteiger partial charge in [-0.25, -0.2) is 0 Å². The van der Waals surface area contributed by atoms with Crippen LogP contribution in [0.15, 0.2) is 58.2 Å². The van der Waals surface area contributed by atoms with Gasteiger partial charge in [0.1, 0.15) is 5.75 Å². The molecular formula is C20H21N3O3S. The number of carbonyl (C=O) groups excluding carboxylic acids is 1. The molecule has 0 bridgehead atoms. The summed E-state index contributed by atoms with van der Waals surface area (Å²) in [6, 6.07) is 15.8. The lowest BCUT2D eigenvalue weighted by Crippen LogP contribution is -2.24. The van der Waals surface area contributed by atoms with E-state index in [1.54, 1.807) is 0 Å². The average molecular weight is 383 g/mol. The van der Waals surface area contributed by atoms with Crippen molar-refractivity contribution in [2.45, 2.75) is 32.2 Å². The minimum atomic E-state index is -0.0867. The van der Waals surface area contributed by atoms with E-state index in [-0.39, 0.29) is 18.3 Å². The number of hydrogen-bond acceptors (Lipinski definition) is 6. The first-order chi connectivity index (χ1) is 13.1. The van der Waals surface area contributed by atoms with Crippen LogP contribution in [0.1, 0.15) is 22.6 Å². The summed E-state index contributed by atoms with van der Waals surface area (Å²) in [6.07, 6.45) is 0. The second-order valence-corrected chi connectivity index (χ2v) is 7.04. The molecule has 3 rings (SSSR count). The zero-order valence-corrected chi connectivity index (χ0v) is 16.1. The highest BCUT2D eigenvalue weighted by molar-refractivity contribution is 7.99. The average Bonchev–Trinajstić information content (AvgIpc) is 3.12. The molecule has 0 atom stereocenters. The molecule has 1 N–H and O–H groups in total. The fourth-order valence-corrected chi connectivity index (χ4v) is 2.90. The zero-order valence-electron chi connectivity index (χ0n) is 15.3. The number of aryl methyl sites for hydroxylation is 2. The Morgan fingerprint density at radius 1 is 1.11 bits per heavy atom. The lowest BCUT2D eigenvalue weighted by molar-refractivity contribution is -0.118. The number of aromatic nitrogens is 2. The van der Waals surface area contributed by atoms with Crippen LogP contribution >= 0.6 is 11.8 Å². The number of ether oxygens (including phenoxy) is 1. The molecule has 0 spiro atoms. The second kappa shape index (κ2) is 9.23. The van der Waals surface area contributed by atoms with Gasteiger partial charge in [-0.3, -0.25) is 4.79 Å². The van der Waals surface area contributed by atoms with Gasteiger partial charge in [0.2, 0.25) is 5.91 Å². The van der Waals surface area contributed by atoms with E-state index in [9.17, 15) is 4.79 Å². The third kappa shape index (κ3) is 6.14. The molecule has 0 unspecified atom stereocenters. The Balaban J connectivity index is 1.40. The van der Waals surface area contributed by atoms with Crippen LogP contribution < -0.4 is 10.1 Å². The van der Waals surface area contributed by atoms with Crippen molar-refractivity contribution in [1.82, 2.24) is 15.5 Å². The van der Waals surface area contributed by atoms with Crippen molar-refractivity contribution in [1.29, 1.82) is 0 Å². The van der Waals surface area contributed by atoms with Crippen LogP contribution in [0.3, 0.4) is 0 Å². The number of amides is 1. The van der Waals surface area contributed by atoms with Crippen molar-refractivity contribution in [3.8, 4) is 5.75 Å². The summed E-state index contributed by atoms with van der Waals surface area (Å²) in [6.45, 7) is 4.72. The van der Waals surface area contributed by atoms with Crippen molar-refractivity contribution in [2.75, 3.05) is 5.75 Å². The van der Waals surface area contributed by atoms with Crippen LogP contribution in [-0.2, 0) is 17.9 Å². The largest absolute Gasteiger partial charge is 0.484 e. The van der Waals surface area contributed by atoms with Crippen LogP contribution in [0.2, 0.25) is 0 Å². The van der Waals surface area contributed by atoms with E-state index in [1.165, 1.54) is 17.3 Å². The number of hydrogen-bond donors (Lipinski definition) is 1. The van der Waals surface area contributed by atoms with Gasteiger partial charge in [0.15, 0.2) is 6.61 Å². The number of benzene rings is 2. The van der Waals surface area contributed by atoms with Crippen LogP contribution in [0, 0.1) is 13.8 Å². The highest BCUT2D eigenvalue weighted by atomic mass is 32.2. The maximum atomic E-state index is 12.0. The van der Waals surface area contributed by atoms with Gasteiger partial charge in [-0.05, 0) is 37.1 Å². The van der Waals surface area contributed by atoms with Crippen molar-refractivity contribution in [2.24, 2.45) is 0 Å². The molecule has 140 valence electrons. The van der Waals surface area contributed by atoms with Gasteiger partial charge in [-0.1, -0.05) is 53.7 Å². The summed E-state index contributed by atoms with van der Waals surface area (Å²) in [7, 11) is 0. The molecule has 0 aliphatic carbocycles. The minimum Gasteiger partial charge on any atom is -0.484 e. The van der Waals surface area contributed by atoms with Gasteiger partial charge < -0.3 is 14.5 Å². The molecule has 0 aliphatic rings. The molecule has 27 heavy (non-hydrogen) atoms. The standard InChI is InChI=1S/C20H21N3O3S/c1-14-6-8-16(9-7-14)11-21-18(24)13-27-20-23-22-19(26-20)12-25-17-5-3-4-15(2)10-17/h3-10H,11-13H2,1-2H3,(H,21,24). The van der Waals surface area contributed by atoms with E-state index in [0.29, 0.717) is 17.7 Å². The van der Waals surface area contributed by atoms with E-state index >= 15 is 0 Å². The smallest absolute Gasteiger partial charge is 0.277 e. The number of carbonyl (C=O) groups is 1. The quantitative estimate of drug-likeness (QED) is 0.598. The van der Waals surface area contributed by atoms with Crippen molar-refractivity contribution in [3.05, 3.63) is 71.1 Å². The van der Waals surface area contributed by atoms with E-state index in [1.807, 2.05) is 62.4 Å². The van der Waals surface area contributed by atoms with Gasteiger partial charge in [0, 0.05) is 6.54 Å². The maximum absolute atomic E-state index is 12.0. The van der Waals surface area contributed by atoms with Crippen LogP contribution in [0.4, 0.5) is 0 Å². The van der Waals surface area contributed by atoms with Crippen LogP contribution in [-0.4, -0.2) is 21.9 Å².